The maximum absolute atomic E-state index is 13.0. The number of hydrogen-bond acceptors (Lipinski definition) is 3. The molecule has 0 aliphatic rings. The Bertz CT molecular complexity index is 421. The molecule has 0 radical (unpaired) electrons. The van der Waals surface area contributed by atoms with Crippen LogP contribution in [0.3, 0.4) is 0 Å². The van der Waals surface area contributed by atoms with Gasteiger partial charge in [-0.3, -0.25) is 0 Å². The maximum Gasteiger partial charge on any atom is 0.419 e. The van der Waals surface area contributed by atoms with Gasteiger partial charge in [0.25, 0.3) is 0 Å². The summed E-state index contributed by atoms with van der Waals surface area (Å²) in [6.45, 7) is 4.80. The Labute approximate surface area is 117 Å². The Balaban J connectivity index is 2.92. The number of rotatable bonds is 7. The summed E-state index contributed by atoms with van der Waals surface area (Å²) in [5.41, 5.74) is -0.178. The second-order valence-corrected chi connectivity index (χ2v) is 4.47. The van der Waals surface area contributed by atoms with Crippen LogP contribution in [0.4, 0.5) is 13.2 Å². The van der Waals surface area contributed by atoms with E-state index in [2.05, 4.69) is 5.32 Å². The first-order chi connectivity index (χ1) is 9.38. The van der Waals surface area contributed by atoms with E-state index in [9.17, 15) is 13.2 Å². The summed E-state index contributed by atoms with van der Waals surface area (Å²) in [6, 6.07) is 4.11. The van der Waals surface area contributed by atoms with Crippen LogP contribution in [0, 0.1) is 0 Å². The molecule has 0 bridgehead atoms. The van der Waals surface area contributed by atoms with E-state index in [1.165, 1.54) is 13.2 Å². The Morgan fingerprint density at radius 3 is 2.55 bits per heavy atom. The molecule has 3 nitrogen and oxygen atoms in total. The molecule has 1 N–H and O–H groups in total. The van der Waals surface area contributed by atoms with Crippen molar-refractivity contribution in [2.75, 3.05) is 20.3 Å². The standard InChI is InChI=1S/C14H20F3NO2/c1-4-18-8-11-5-6-13(20-9-10(2)19-3)12(7-11)14(15,16)17/h5-7,10,18H,4,8-9H2,1-3H3. The monoisotopic (exact) mass is 291 g/mol. The quantitative estimate of drug-likeness (QED) is 0.836. The van der Waals surface area contributed by atoms with Gasteiger partial charge in [0.15, 0.2) is 0 Å². The first kappa shape index (κ1) is 16.8. The largest absolute Gasteiger partial charge is 0.490 e. The molecule has 1 atom stereocenters. The zero-order valence-electron chi connectivity index (χ0n) is 11.9. The summed E-state index contributed by atoms with van der Waals surface area (Å²) in [5.74, 6) is -0.165. The Morgan fingerprint density at radius 1 is 1.30 bits per heavy atom. The van der Waals surface area contributed by atoms with E-state index in [4.69, 9.17) is 9.47 Å². The lowest BCUT2D eigenvalue weighted by Gasteiger charge is -2.17. The highest BCUT2D eigenvalue weighted by molar-refractivity contribution is 5.39. The lowest BCUT2D eigenvalue weighted by molar-refractivity contribution is -0.139. The topological polar surface area (TPSA) is 30.5 Å². The second-order valence-electron chi connectivity index (χ2n) is 4.47. The minimum absolute atomic E-state index is 0.0755. The van der Waals surface area contributed by atoms with Crippen LogP contribution in [0.25, 0.3) is 0 Å². The van der Waals surface area contributed by atoms with Crippen LogP contribution in [0.5, 0.6) is 5.75 Å². The van der Waals surface area contributed by atoms with Crippen molar-refractivity contribution in [2.24, 2.45) is 0 Å². The number of halogens is 3. The molecule has 0 heterocycles. The van der Waals surface area contributed by atoms with Crippen LogP contribution < -0.4 is 10.1 Å². The minimum Gasteiger partial charge on any atom is -0.490 e. The van der Waals surface area contributed by atoms with Gasteiger partial charge in [-0.05, 0) is 31.2 Å². The normalized spacial score (nSPS) is 13.3. The smallest absolute Gasteiger partial charge is 0.419 e. The first-order valence-electron chi connectivity index (χ1n) is 6.45. The maximum atomic E-state index is 13.0. The van der Waals surface area contributed by atoms with Gasteiger partial charge < -0.3 is 14.8 Å². The first-order valence-corrected chi connectivity index (χ1v) is 6.45. The molecule has 0 aromatic heterocycles. The summed E-state index contributed by atoms with van der Waals surface area (Å²) < 4.78 is 49.2. The second kappa shape index (κ2) is 7.50. The highest BCUT2D eigenvalue weighted by Crippen LogP contribution is 2.36. The predicted molar refractivity (Wildman–Crippen MR) is 70.8 cm³/mol. The van der Waals surface area contributed by atoms with Gasteiger partial charge in [-0.1, -0.05) is 13.0 Å². The van der Waals surface area contributed by atoms with Crippen LogP contribution in [-0.4, -0.2) is 26.4 Å². The van der Waals surface area contributed by atoms with Gasteiger partial charge in [0.1, 0.15) is 12.4 Å². The van der Waals surface area contributed by atoms with Crippen molar-refractivity contribution in [3.63, 3.8) is 0 Å². The summed E-state index contributed by atoms with van der Waals surface area (Å²) in [6.07, 6.45) is -4.70. The summed E-state index contributed by atoms with van der Waals surface area (Å²) in [7, 11) is 1.48. The van der Waals surface area contributed by atoms with Gasteiger partial charge in [0, 0.05) is 13.7 Å². The Morgan fingerprint density at radius 2 is 2.00 bits per heavy atom. The van der Waals surface area contributed by atoms with Gasteiger partial charge in [-0.25, -0.2) is 0 Å². The van der Waals surface area contributed by atoms with E-state index >= 15 is 0 Å². The van der Waals surface area contributed by atoms with E-state index in [1.54, 1.807) is 13.0 Å². The third kappa shape index (κ3) is 5.02. The molecule has 0 fully saturated rings. The zero-order chi connectivity index (χ0) is 15.2. The number of ether oxygens (including phenoxy) is 2. The molecule has 1 aromatic rings. The highest BCUT2D eigenvalue weighted by Gasteiger charge is 2.34. The van der Waals surface area contributed by atoms with E-state index in [1.807, 2.05) is 6.92 Å². The molecule has 114 valence electrons. The van der Waals surface area contributed by atoms with Gasteiger partial charge in [0.2, 0.25) is 0 Å². The highest BCUT2D eigenvalue weighted by atomic mass is 19.4. The lowest BCUT2D eigenvalue weighted by Crippen LogP contribution is -2.18. The summed E-state index contributed by atoms with van der Waals surface area (Å²) in [4.78, 5) is 0. The molecule has 0 amide bonds. The molecule has 1 unspecified atom stereocenters. The zero-order valence-corrected chi connectivity index (χ0v) is 11.9. The summed E-state index contributed by atoms with van der Waals surface area (Å²) >= 11 is 0. The van der Waals surface area contributed by atoms with Crippen molar-refractivity contribution in [3.8, 4) is 5.75 Å². The number of methoxy groups -OCH3 is 1. The average Bonchev–Trinajstić information content (AvgIpc) is 2.41. The van der Waals surface area contributed by atoms with Crippen LogP contribution >= 0.6 is 0 Å². The molecule has 0 saturated heterocycles. The average molecular weight is 291 g/mol. The third-order valence-electron chi connectivity index (χ3n) is 2.80. The van der Waals surface area contributed by atoms with E-state index in [0.717, 1.165) is 6.07 Å². The number of benzene rings is 1. The van der Waals surface area contributed by atoms with Crippen LogP contribution in [0.2, 0.25) is 0 Å². The molecule has 1 rings (SSSR count). The van der Waals surface area contributed by atoms with Crippen LogP contribution in [0.15, 0.2) is 18.2 Å². The SMILES string of the molecule is CCNCc1ccc(OCC(C)OC)c(C(F)(F)F)c1. The summed E-state index contributed by atoms with van der Waals surface area (Å²) in [5, 5.41) is 2.99. The predicted octanol–water partition coefficient (Wildman–Crippen LogP) is 3.23. The van der Waals surface area contributed by atoms with Crippen molar-refractivity contribution in [1.29, 1.82) is 0 Å². The Kier molecular flexibility index (Phi) is 6.29. The van der Waals surface area contributed by atoms with Crippen molar-refractivity contribution in [1.82, 2.24) is 5.32 Å². The van der Waals surface area contributed by atoms with Crippen molar-refractivity contribution in [2.45, 2.75) is 32.7 Å². The van der Waals surface area contributed by atoms with Crippen molar-refractivity contribution in [3.05, 3.63) is 29.3 Å². The molecule has 20 heavy (non-hydrogen) atoms. The fraction of sp³-hybridized carbons (Fsp3) is 0.571. The molecular formula is C14H20F3NO2. The molecular weight excluding hydrogens is 271 g/mol. The molecule has 1 aromatic carbocycles. The van der Waals surface area contributed by atoms with Crippen molar-refractivity contribution >= 4 is 0 Å². The molecule has 0 aliphatic heterocycles. The third-order valence-corrected chi connectivity index (χ3v) is 2.80. The molecule has 0 aliphatic carbocycles. The Hall–Kier alpha value is -1.27. The van der Waals surface area contributed by atoms with Crippen LogP contribution in [-0.2, 0) is 17.5 Å². The number of alkyl halides is 3. The molecule has 0 spiro atoms. The van der Waals surface area contributed by atoms with E-state index < -0.39 is 11.7 Å². The molecule has 0 saturated carbocycles. The van der Waals surface area contributed by atoms with Crippen molar-refractivity contribution < 1.29 is 22.6 Å². The van der Waals surface area contributed by atoms with Crippen LogP contribution in [0.1, 0.15) is 25.0 Å². The van der Waals surface area contributed by atoms with E-state index in [-0.39, 0.29) is 18.5 Å². The fourth-order valence-electron chi connectivity index (χ4n) is 1.58. The van der Waals surface area contributed by atoms with Gasteiger partial charge in [0.05, 0.1) is 11.7 Å². The fourth-order valence-corrected chi connectivity index (χ4v) is 1.58. The number of nitrogens with one attached hydrogen (secondary N) is 1. The lowest BCUT2D eigenvalue weighted by atomic mass is 10.1. The minimum atomic E-state index is -4.44. The van der Waals surface area contributed by atoms with Gasteiger partial charge in [-0.2, -0.15) is 13.2 Å². The van der Waals surface area contributed by atoms with E-state index in [0.29, 0.717) is 18.7 Å². The molecule has 6 heteroatoms. The number of hydrogen-bond donors (Lipinski definition) is 1. The van der Waals surface area contributed by atoms with Gasteiger partial charge >= 0.3 is 6.18 Å². The van der Waals surface area contributed by atoms with Gasteiger partial charge in [-0.15, -0.1) is 0 Å².